The van der Waals surface area contributed by atoms with Crippen LogP contribution in [0.15, 0.2) is 35.5 Å². The third-order valence-corrected chi connectivity index (χ3v) is 2.99. The van der Waals surface area contributed by atoms with Crippen molar-refractivity contribution in [2.45, 2.75) is 18.9 Å². The summed E-state index contributed by atoms with van der Waals surface area (Å²) in [6, 6.07) is 11.7. The Hall–Kier alpha value is -2.35. The molecule has 0 spiro atoms. The molecule has 1 amide bonds. The maximum atomic E-state index is 12.0. The maximum absolute atomic E-state index is 12.0. The van der Waals surface area contributed by atoms with Gasteiger partial charge in [-0.2, -0.15) is 5.26 Å². The highest BCUT2D eigenvalue weighted by molar-refractivity contribution is 6.39. The zero-order valence-electron chi connectivity index (χ0n) is 10.7. The summed E-state index contributed by atoms with van der Waals surface area (Å²) in [5, 5.41) is 12.4. The molecular weight excluding hydrogens is 242 g/mol. The lowest BCUT2D eigenvalue weighted by atomic mass is 10.0. The lowest BCUT2D eigenvalue weighted by Crippen LogP contribution is -2.33. The number of nitrogens with zero attached hydrogens (tertiary/aromatic N) is 3. The maximum Gasteiger partial charge on any atom is 0.271 e. The monoisotopic (exact) mass is 257 g/mol. The molecular formula is C14H15N3O2. The van der Waals surface area contributed by atoms with E-state index >= 15 is 0 Å². The summed E-state index contributed by atoms with van der Waals surface area (Å²) in [6.07, 6.45) is 0.600. The van der Waals surface area contributed by atoms with Crippen LogP contribution < -0.4 is 0 Å². The van der Waals surface area contributed by atoms with Crippen LogP contribution in [0.4, 0.5) is 0 Å². The third-order valence-electron chi connectivity index (χ3n) is 2.99. The van der Waals surface area contributed by atoms with E-state index in [9.17, 15) is 4.79 Å². The first-order valence-corrected chi connectivity index (χ1v) is 6.12. The van der Waals surface area contributed by atoms with Crippen LogP contribution in [0.25, 0.3) is 0 Å². The van der Waals surface area contributed by atoms with E-state index in [4.69, 9.17) is 10.1 Å². The van der Waals surface area contributed by atoms with Crippen LogP contribution >= 0.6 is 0 Å². The molecule has 0 unspecified atom stereocenters. The second-order valence-electron chi connectivity index (χ2n) is 4.38. The zero-order chi connectivity index (χ0) is 13.7. The van der Waals surface area contributed by atoms with Gasteiger partial charge in [0.05, 0.1) is 12.5 Å². The zero-order valence-corrected chi connectivity index (χ0v) is 10.7. The fourth-order valence-electron chi connectivity index (χ4n) is 1.89. The number of nitriles is 1. The quantitative estimate of drug-likeness (QED) is 0.827. The average molecular weight is 257 g/mol. The van der Waals surface area contributed by atoms with Crippen LogP contribution in [-0.2, 0) is 9.63 Å². The minimum Gasteiger partial charge on any atom is -0.387 e. The van der Waals surface area contributed by atoms with Gasteiger partial charge in [0.25, 0.3) is 5.91 Å². The summed E-state index contributed by atoms with van der Waals surface area (Å²) in [7, 11) is 1.66. The Kier molecular flexibility index (Phi) is 4.14. The van der Waals surface area contributed by atoms with Crippen molar-refractivity contribution >= 4 is 11.6 Å². The fourth-order valence-corrected chi connectivity index (χ4v) is 1.89. The van der Waals surface area contributed by atoms with Crippen molar-refractivity contribution < 1.29 is 9.63 Å². The molecule has 98 valence electrons. The molecule has 0 aliphatic carbocycles. The van der Waals surface area contributed by atoms with E-state index in [1.807, 2.05) is 36.4 Å². The van der Waals surface area contributed by atoms with Crippen molar-refractivity contribution in [1.82, 2.24) is 4.90 Å². The van der Waals surface area contributed by atoms with Gasteiger partial charge in [-0.3, -0.25) is 4.79 Å². The normalized spacial score (nSPS) is 17.3. The third kappa shape index (κ3) is 3.10. The molecule has 0 bridgehead atoms. The number of oxime groups is 1. The topological polar surface area (TPSA) is 65.7 Å². The summed E-state index contributed by atoms with van der Waals surface area (Å²) in [5.41, 5.74) is 1.42. The Morgan fingerprint density at radius 2 is 2.26 bits per heavy atom. The molecule has 0 N–H and O–H groups in total. The molecule has 0 saturated carbocycles. The van der Waals surface area contributed by atoms with Crippen LogP contribution in [0, 0.1) is 11.3 Å². The molecule has 2 rings (SSSR count). The van der Waals surface area contributed by atoms with Gasteiger partial charge < -0.3 is 9.74 Å². The largest absolute Gasteiger partial charge is 0.387 e. The second kappa shape index (κ2) is 6.01. The Bertz CT molecular complexity index is 519. The Morgan fingerprint density at radius 1 is 1.53 bits per heavy atom. The van der Waals surface area contributed by atoms with E-state index in [-0.39, 0.29) is 12.0 Å². The number of hydrogen-bond acceptors (Lipinski definition) is 4. The van der Waals surface area contributed by atoms with Gasteiger partial charge in [-0.05, 0) is 5.56 Å². The van der Waals surface area contributed by atoms with Crippen molar-refractivity contribution in [2.24, 2.45) is 5.16 Å². The Morgan fingerprint density at radius 3 is 2.95 bits per heavy atom. The summed E-state index contributed by atoms with van der Waals surface area (Å²) >= 11 is 0. The molecule has 1 aliphatic heterocycles. The first kappa shape index (κ1) is 13.1. The van der Waals surface area contributed by atoms with E-state index in [1.165, 1.54) is 4.90 Å². The lowest BCUT2D eigenvalue weighted by Gasteiger charge is -2.14. The van der Waals surface area contributed by atoms with Crippen LogP contribution in [0.5, 0.6) is 0 Å². The van der Waals surface area contributed by atoms with Gasteiger partial charge >= 0.3 is 0 Å². The molecule has 0 saturated heterocycles. The summed E-state index contributed by atoms with van der Waals surface area (Å²) in [6.45, 7) is 0.407. The van der Waals surface area contributed by atoms with Gasteiger partial charge in [0.15, 0.2) is 6.10 Å². The molecule has 0 aromatic heterocycles. The summed E-state index contributed by atoms with van der Waals surface area (Å²) < 4.78 is 0. The van der Waals surface area contributed by atoms with E-state index in [1.54, 1.807) is 7.05 Å². The van der Waals surface area contributed by atoms with Crippen LogP contribution in [0.2, 0.25) is 0 Å². The standard InChI is InChI=1S/C14H15N3O2/c1-17(9-5-8-15)14(18)12-10-13(19-16-12)11-6-3-2-4-7-11/h2-4,6-7,13H,5,9-10H2,1H3/t13-/m0/s1. The second-order valence-corrected chi connectivity index (χ2v) is 4.38. The number of amides is 1. The molecule has 1 aromatic carbocycles. The number of rotatable bonds is 4. The molecule has 5 nitrogen and oxygen atoms in total. The molecule has 5 heteroatoms. The van der Waals surface area contributed by atoms with Gasteiger partial charge in [-0.1, -0.05) is 35.5 Å². The molecule has 1 aromatic rings. The summed E-state index contributed by atoms with van der Waals surface area (Å²) in [4.78, 5) is 18.8. The van der Waals surface area contributed by atoms with Gasteiger partial charge in [0.1, 0.15) is 5.71 Å². The van der Waals surface area contributed by atoms with Crippen molar-refractivity contribution in [3.63, 3.8) is 0 Å². The van der Waals surface area contributed by atoms with Crippen LogP contribution in [0.3, 0.4) is 0 Å². The number of carbonyl (C=O) groups is 1. The van der Waals surface area contributed by atoms with E-state index in [2.05, 4.69) is 5.16 Å². The van der Waals surface area contributed by atoms with Crippen molar-refractivity contribution in [2.75, 3.05) is 13.6 Å². The number of hydrogen-bond donors (Lipinski definition) is 0. The average Bonchev–Trinajstić information content (AvgIpc) is 2.94. The fraction of sp³-hybridized carbons (Fsp3) is 0.357. The van der Waals surface area contributed by atoms with Crippen molar-refractivity contribution in [3.05, 3.63) is 35.9 Å². The minimum absolute atomic E-state index is 0.173. The minimum atomic E-state index is -0.190. The first-order valence-electron chi connectivity index (χ1n) is 6.12. The molecule has 1 aliphatic rings. The highest BCUT2D eigenvalue weighted by Crippen LogP contribution is 2.27. The van der Waals surface area contributed by atoms with Gasteiger partial charge in [-0.15, -0.1) is 0 Å². The van der Waals surface area contributed by atoms with E-state index < -0.39 is 0 Å². The molecule has 0 fully saturated rings. The first-order chi connectivity index (χ1) is 9.22. The van der Waals surface area contributed by atoms with Crippen LogP contribution in [-0.4, -0.2) is 30.1 Å². The van der Waals surface area contributed by atoms with Gasteiger partial charge in [0, 0.05) is 20.0 Å². The SMILES string of the molecule is CN(CCC#N)C(=O)C1=NO[C@H](c2ccccc2)C1. The highest BCUT2D eigenvalue weighted by Gasteiger charge is 2.28. The van der Waals surface area contributed by atoms with Gasteiger partial charge in [0.2, 0.25) is 0 Å². The predicted molar refractivity (Wildman–Crippen MR) is 70.2 cm³/mol. The van der Waals surface area contributed by atoms with Crippen molar-refractivity contribution in [3.8, 4) is 6.07 Å². The van der Waals surface area contributed by atoms with E-state index in [0.29, 0.717) is 25.1 Å². The predicted octanol–water partition coefficient (Wildman–Crippen LogP) is 1.88. The van der Waals surface area contributed by atoms with Crippen molar-refractivity contribution in [1.29, 1.82) is 5.26 Å². The molecule has 19 heavy (non-hydrogen) atoms. The lowest BCUT2D eigenvalue weighted by molar-refractivity contribution is -0.122. The summed E-state index contributed by atoms with van der Waals surface area (Å²) in [5.74, 6) is -0.173. The number of carbonyl (C=O) groups excluding carboxylic acids is 1. The Labute approximate surface area is 112 Å². The highest BCUT2D eigenvalue weighted by atomic mass is 16.6. The smallest absolute Gasteiger partial charge is 0.271 e. The number of benzene rings is 1. The molecule has 1 atom stereocenters. The molecule has 0 radical (unpaired) electrons. The van der Waals surface area contributed by atoms with Crippen LogP contribution in [0.1, 0.15) is 24.5 Å². The molecule has 1 heterocycles. The Balaban J connectivity index is 1.95. The van der Waals surface area contributed by atoms with E-state index in [0.717, 1.165) is 5.56 Å². The van der Waals surface area contributed by atoms with Gasteiger partial charge in [-0.25, -0.2) is 0 Å².